The van der Waals surface area contributed by atoms with Crippen LogP contribution in [0.4, 0.5) is 18.9 Å². The number of allylic oxidation sites excluding steroid dienone is 1. The molecule has 0 radical (unpaired) electrons. The third-order valence-corrected chi connectivity index (χ3v) is 3.75. The molecule has 0 saturated carbocycles. The summed E-state index contributed by atoms with van der Waals surface area (Å²) in [6.07, 6.45) is -1.93. The zero-order chi connectivity index (χ0) is 14.3. The molecule has 1 N–H and O–H groups in total. The Morgan fingerprint density at radius 3 is 2.75 bits per heavy atom. The molecule has 0 saturated heterocycles. The molecule has 3 heterocycles. The van der Waals surface area contributed by atoms with E-state index in [4.69, 9.17) is 0 Å². The number of alkyl halides is 3. The smallest absolute Gasteiger partial charge is 0.321 e. The lowest BCUT2D eigenvalue weighted by Gasteiger charge is -2.12. The molecule has 0 bridgehead atoms. The van der Waals surface area contributed by atoms with E-state index in [1.165, 1.54) is 30.6 Å². The van der Waals surface area contributed by atoms with Crippen molar-refractivity contribution in [3.63, 3.8) is 0 Å². The number of aromatic nitrogens is 1. The largest absolute Gasteiger partial charge is 0.418 e. The van der Waals surface area contributed by atoms with Gasteiger partial charge in [0.1, 0.15) is 0 Å². The number of carbonyl (C=O) groups excluding carboxylic acids is 1. The molecule has 1 amide bonds. The maximum Gasteiger partial charge on any atom is 0.418 e. The van der Waals surface area contributed by atoms with Crippen molar-refractivity contribution in [2.75, 3.05) is 5.32 Å². The molecule has 0 aliphatic carbocycles. The van der Waals surface area contributed by atoms with Gasteiger partial charge in [-0.25, -0.2) is 0 Å². The Morgan fingerprint density at radius 2 is 2.10 bits per heavy atom. The minimum atomic E-state index is -4.62. The number of amides is 1. The predicted octanol–water partition coefficient (Wildman–Crippen LogP) is 3.57. The second kappa shape index (κ2) is 4.45. The van der Waals surface area contributed by atoms with E-state index in [9.17, 15) is 18.0 Å². The zero-order valence-corrected chi connectivity index (χ0v) is 10.7. The second-order valence-electron chi connectivity index (χ2n) is 4.10. The Hall–Kier alpha value is -2.15. The first-order valence-corrected chi connectivity index (χ1v) is 6.47. The van der Waals surface area contributed by atoms with E-state index >= 15 is 0 Å². The second-order valence-corrected chi connectivity index (χ2v) is 5.05. The molecule has 0 unspecified atom stereocenters. The van der Waals surface area contributed by atoms with Gasteiger partial charge in [0.05, 0.1) is 16.8 Å². The van der Waals surface area contributed by atoms with Gasteiger partial charge in [-0.3, -0.25) is 9.78 Å². The average Bonchev–Trinajstić information content (AvgIpc) is 2.98. The molecule has 7 heteroatoms. The van der Waals surface area contributed by atoms with Crippen molar-refractivity contribution in [1.82, 2.24) is 4.98 Å². The van der Waals surface area contributed by atoms with Crippen molar-refractivity contribution in [2.45, 2.75) is 6.18 Å². The quantitative estimate of drug-likeness (QED) is 0.817. The number of nitrogens with zero attached hydrogens (tertiary/aromatic N) is 1. The van der Waals surface area contributed by atoms with Crippen LogP contribution < -0.4 is 5.32 Å². The number of halogens is 3. The minimum absolute atomic E-state index is 0.0133. The van der Waals surface area contributed by atoms with Gasteiger partial charge in [0.15, 0.2) is 0 Å². The Bertz CT molecular complexity index is 705. The normalized spacial score (nSPS) is 16.9. The molecule has 0 spiro atoms. The Labute approximate surface area is 115 Å². The van der Waals surface area contributed by atoms with Crippen molar-refractivity contribution in [2.24, 2.45) is 0 Å². The first-order valence-electron chi connectivity index (χ1n) is 5.59. The van der Waals surface area contributed by atoms with Crippen LogP contribution in [0.25, 0.3) is 11.1 Å². The maximum atomic E-state index is 13.4. The van der Waals surface area contributed by atoms with Crippen molar-refractivity contribution < 1.29 is 18.0 Å². The number of nitrogens with one attached hydrogen (secondary N) is 1. The van der Waals surface area contributed by atoms with Crippen LogP contribution in [0.5, 0.6) is 0 Å². The first kappa shape index (κ1) is 12.9. The topological polar surface area (TPSA) is 42.0 Å². The van der Waals surface area contributed by atoms with Gasteiger partial charge >= 0.3 is 6.18 Å². The molecule has 3 rings (SSSR count). The fraction of sp³-hybridized carbons (Fsp3) is 0.0769. The van der Waals surface area contributed by atoms with Gasteiger partial charge < -0.3 is 5.32 Å². The SMILES string of the molecule is O=C1Nc2ccncc2C1=C(c1cccs1)C(F)(F)F. The molecule has 2 aromatic rings. The lowest BCUT2D eigenvalue weighted by atomic mass is 10.0. The Kier molecular flexibility index (Phi) is 2.86. The summed E-state index contributed by atoms with van der Waals surface area (Å²) in [5.74, 6) is -0.756. The molecule has 20 heavy (non-hydrogen) atoms. The average molecular weight is 296 g/mol. The van der Waals surface area contributed by atoms with Gasteiger partial charge in [-0.05, 0) is 17.5 Å². The molecule has 102 valence electrons. The van der Waals surface area contributed by atoms with Gasteiger partial charge in [0.2, 0.25) is 0 Å². The standard InChI is InChI=1S/C13H7F3N2OS/c14-13(15,16)11(9-2-1-5-20-9)10-7-6-17-4-3-8(7)18-12(10)19/h1-6H,(H,18,19). The fourth-order valence-electron chi connectivity index (χ4n) is 2.08. The summed E-state index contributed by atoms with van der Waals surface area (Å²) in [4.78, 5) is 15.7. The number of fused-ring (bicyclic) bond motifs is 1. The summed E-state index contributed by atoms with van der Waals surface area (Å²) < 4.78 is 40.1. The highest BCUT2D eigenvalue weighted by atomic mass is 32.1. The first-order chi connectivity index (χ1) is 9.48. The highest BCUT2D eigenvalue weighted by molar-refractivity contribution is 7.11. The minimum Gasteiger partial charge on any atom is -0.321 e. The fourth-order valence-corrected chi connectivity index (χ4v) is 2.88. The number of hydrogen-bond donors (Lipinski definition) is 1. The van der Waals surface area contributed by atoms with E-state index in [0.717, 1.165) is 11.3 Å². The van der Waals surface area contributed by atoms with Crippen LogP contribution in [0.1, 0.15) is 10.4 Å². The molecule has 0 aromatic carbocycles. The van der Waals surface area contributed by atoms with Crippen molar-refractivity contribution in [3.05, 3.63) is 46.4 Å². The number of anilines is 1. The molecular formula is C13H7F3N2OS. The maximum absolute atomic E-state index is 13.4. The third kappa shape index (κ3) is 2.00. The van der Waals surface area contributed by atoms with Gasteiger partial charge in [0, 0.05) is 22.8 Å². The van der Waals surface area contributed by atoms with Gasteiger partial charge in [-0.15, -0.1) is 11.3 Å². The van der Waals surface area contributed by atoms with E-state index < -0.39 is 17.7 Å². The molecule has 1 aliphatic heterocycles. The highest BCUT2D eigenvalue weighted by Gasteiger charge is 2.42. The Balaban J connectivity index is 2.32. The highest BCUT2D eigenvalue weighted by Crippen LogP contribution is 2.45. The molecule has 0 atom stereocenters. The van der Waals surface area contributed by atoms with Gasteiger partial charge in [0.25, 0.3) is 5.91 Å². The van der Waals surface area contributed by atoms with Crippen LogP contribution in [-0.4, -0.2) is 17.1 Å². The van der Waals surface area contributed by atoms with Crippen LogP contribution in [-0.2, 0) is 4.79 Å². The molecule has 1 aliphatic rings. The van der Waals surface area contributed by atoms with Crippen molar-refractivity contribution in [1.29, 1.82) is 0 Å². The van der Waals surface area contributed by atoms with Crippen molar-refractivity contribution in [3.8, 4) is 0 Å². The summed E-state index contributed by atoms with van der Waals surface area (Å²) in [6.45, 7) is 0. The van der Waals surface area contributed by atoms with Crippen LogP contribution in [0.2, 0.25) is 0 Å². The number of hydrogen-bond acceptors (Lipinski definition) is 3. The summed E-state index contributed by atoms with van der Waals surface area (Å²) in [5, 5.41) is 3.97. The molecular weight excluding hydrogens is 289 g/mol. The number of rotatable bonds is 1. The third-order valence-electron chi connectivity index (χ3n) is 2.87. The molecule has 0 fully saturated rings. The molecule has 2 aromatic heterocycles. The monoisotopic (exact) mass is 296 g/mol. The zero-order valence-electron chi connectivity index (χ0n) is 9.86. The number of pyridine rings is 1. The van der Waals surface area contributed by atoms with Crippen LogP contribution in [0, 0.1) is 0 Å². The molecule has 3 nitrogen and oxygen atoms in total. The Morgan fingerprint density at radius 1 is 1.30 bits per heavy atom. The van der Waals surface area contributed by atoms with E-state index in [1.807, 2.05) is 0 Å². The summed E-state index contributed by atoms with van der Waals surface area (Å²) in [6, 6.07) is 4.34. The predicted molar refractivity (Wildman–Crippen MR) is 70.1 cm³/mol. The van der Waals surface area contributed by atoms with Crippen LogP contribution in [0.15, 0.2) is 36.0 Å². The van der Waals surface area contributed by atoms with Crippen LogP contribution >= 0.6 is 11.3 Å². The lowest BCUT2D eigenvalue weighted by molar-refractivity contribution is -0.111. The lowest BCUT2D eigenvalue weighted by Crippen LogP contribution is -2.15. The summed E-state index contributed by atoms with van der Waals surface area (Å²) in [7, 11) is 0. The number of carbonyl (C=O) groups is 1. The van der Waals surface area contributed by atoms with E-state index in [0.29, 0.717) is 5.69 Å². The van der Waals surface area contributed by atoms with Gasteiger partial charge in [-0.2, -0.15) is 13.2 Å². The number of thiophene rings is 1. The van der Waals surface area contributed by atoms with E-state index in [-0.39, 0.29) is 16.0 Å². The van der Waals surface area contributed by atoms with Crippen LogP contribution in [0.3, 0.4) is 0 Å². The summed E-state index contributed by atoms with van der Waals surface area (Å²) in [5.41, 5.74) is -0.767. The van der Waals surface area contributed by atoms with E-state index in [1.54, 1.807) is 5.38 Å². The summed E-state index contributed by atoms with van der Waals surface area (Å²) >= 11 is 0.943. The van der Waals surface area contributed by atoms with Crippen molar-refractivity contribution >= 4 is 34.1 Å². The van der Waals surface area contributed by atoms with E-state index in [2.05, 4.69) is 10.3 Å². The van der Waals surface area contributed by atoms with Gasteiger partial charge in [-0.1, -0.05) is 6.07 Å².